The maximum absolute atomic E-state index is 14.0. The van der Waals surface area contributed by atoms with Gasteiger partial charge >= 0.3 is 5.97 Å². The Morgan fingerprint density at radius 2 is 1.89 bits per heavy atom. The lowest BCUT2D eigenvalue weighted by molar-refractivity contribution is -0.138. The first kappa shape index (κ1) is 18.6. The number of carbonyl (C=O) groups is 2. The molecule has 0 aliphatic carbocycles. The van der Waals surface area contributed by atoms with Crippen molar-refractivity contribution < 1.29 is 28.6 Å². The molecule has 0 saturated carbocycles. The molecule has 0 amide bonds. The Morgan fingerprint density at radius 3 is 2.48 bits per heavy atom. The van der Waals surface area contributed by atoms with Crippen molar-refractivity contribution in [3.63, 3.8) is 0 Å². The van der Waals surface area contributed by atoms with E-state index in [0.717, 1.165) is 22.8 Å². The third kappa shape index (κ3) is 3.05. The Balaban J connectivity index is 2.36. The molecule has 1 unspecified atom stereocenters. The molecule has 1 aromatic heterocycles. The fourth-order valence-electron chi connectivity index (χ4n) is 3.40. The van der Waals surface area contributed by atoms with Crippen molar-refractivity contribution in [3.05, 3.63) is 64.9 Å². The highest BCUT2D eigenvalue weighted by atomic mass is 19.1. The molecule has 1 atom stereocenters. The zero-order valence-electron chi connectivity index (χ0n) is 14.7. The van der Waals surface area contributed by atoms with Crippen LogP contribution < -0.4 is 0 Å². The lowest BCUT2D eigenvalue weighted by atomic mass is 9.94. The van der Waals surface area contributed by atoms with Gasteiger partial charge in [-0.3, -0.25) is 14.2 Å². The number of fused-ring (bicyclic) bond motifs is 1. The average Bonchev–Trinajstić information content (AvgIpc) is 2.87. The van der Waals surface area contributed by atoms with Crippen LogP contribution in [0.25, 0.3) is 10.9 Å². The fourth-order valence-corrected chi connectivity index (χ4v) is 3.40. The molecule has 0 fully saturated rings. The van der Waals surface area contributed by atoms with Gasteiger partial charge in [-0.1, -0.05) is 13.0 Å². The van der Waals surface area contributed by atoms with Gasteiger partial charge in [0.25, 0.3) is 5.91 Å². The van der Waals surface area contributed by atoms with Crippen molar-refractivity contribution in [3.8, 4) is 5.75 Å². The minimum atomic E-state index is -1.10. The van der Waals surface area contributed by atoms with Crippen LogP contribution in [-0.4, -0.2) is 26.7 Å². The van der Waals surface area contributed by atoms with Crippen molar-refractivity contribution >= 4 is 22.8 Å². The number of aromatic nitrogens is 1. The fraction of sp³-hybridized carbons (Fsp3) is 0.200. The number of benzene rings is 2. The number of phenols is 1. The predicted molar refractivity (Wildman–Crippen MR) is 95.1 cm³/mol. The van der Waals surface area contributed by atoms with Gasteiger partial charge in [-0.05, 0) is 43.2 Å². The Kier molecular flexibility index (Phi) is 4.70. The zero-order chi connectivity index (χ0) is 19.9. The third-order valence-electron chi connectivity index (χ3n) is 4.65. The molecular formula is C20H17F2NO4. The van der Waals surface area contributed by atoms with Gasteiger partial charge in [0.15, 0.2) is 11.6 Å². The first-order chi connectivity index (χ1) is 12.8. The summed E-state index contributed by atoms with van der Waals surface area (Å²) >= 11 is 0. The Bertz CT molecular complexity index is 1070. The first-order valence-electron chi connectivity index (χ1n) is 8.32. The summed E-state index contributed by atoms with van der Waals surface area (Å²) in [5.74, 6) is -4.84. The van der Waals surface area contributed by atoms with Crippen LogP contribution in [-0.2, 0) is 4.79 Å². The molecule has 2 N–H and O–H groups in total. The number of hydrogen-bond donors (Lipinski definition) is 2. The van der Waals surface area contributed by atoms with Gasteiger partial charge in [0.1, 0.15) is 5.82 Å². The molecule has 0 bridgehead atoms. The van der Waals surface area contributed by atoms with Crippen LogP contribution in [0.2, 0.25) is 0 Å². The van der Waals surface area contributed by atoms with Gasteiger partial charge in [0.2, 0.25) is 0 Å². The van der Waals surface area contributed by atoms with Crippen molar-refractivity contribution in [1.29, 1.82) is 0 Å². The summed E-state index contributed by atoms with van der Waals surface area (Å²) in [4.78, 5) is 24.7. The maximum atomic E-state index is 14.0. The van der Waals surface area contributed by atoms with Crippen LogP contribution in [0, 0.1) is 18.6 Å². The standard InChI is InChI=1S/C20H17F2NO4/c1-3-13(20(26)27)18-10(2)23(16-9-15(22)17(24)8-14(16)18)19(25)11-5-4-6-12(21)7-11/h4-9,13,24H,3H2,1-2H3,(H,26,27). The molecule has 27 heavy (non-hydrogen) atoms. The molecule has 0 aliphatic heterocycles. The second kappa shape index (κ2) is 6.83. The van der Waals surface area contributed by atoms with Gasteiger partial charge in [-0.2, -0.15) is 0 Å². The number of phenolic OH excluding ortho intramolecular Hbond substituents is 1. The number of nitrogens with zero attached hydrogens (tertiary/aromatic N) is 1. The largest absolute Gasteiger partial charge is 0.505 e. The van der Waals surface area contributed by atoms with Crippen LogP contribution in [0.15, 0.2) is 36.4 Å². The number of halogens is 2. The number of carboxylic acids is 1. The maximum Gasteiger partial charge on any atom is 0.311 e. The first-order valence-corrected chi connectivity index (χ1v) is 8.32. The number of aliphatic carboxylic acids is 1. The number of carbonyl (C=O) groups excluding carboxylic acids is 1. The van der Waals surface area contributed by atoms with E-state index >= 15 is 0 Å². The van der Waals surface area contributed by atoms with Crippen molar-refractivity contribution in [2.24, 2.45) is 0 Å². The summed E-state index contributed by atoms with van der Waals surface area (Å²) in [6, 6.07) is 7.14. The summed E-state index contributed by atoms with van der Waals surface area (Å²) in [5, 5.41) is 19.6. The Morgan fingerprint density at radius 1 is 1.19 bits per heavy atom. The van der Waals surface area contributed by atoms with Gasteiger partial charge in [0.05, 0.1) is 11.4 Å². The van der Waals surface area contributed by atoms with Crippen LogP contribution in [0.5, 0.6) is 5.75 Å². The van der Waals surface area contributed by atoms with Gasteiger partial charge < -0.3 is 10.2 Å². The minimum Gasteiger partial charge on any atom is -0.505 e. The zero-order valence-corrected chi connectivity index (χ0v) is 14.7. The molecule has 1 heterocycles. The molecule has 140 valence electrons. The van der Waals surface area contributed by atoms with Gasteiger partial charge in [-0.15, -0.1) is 0 Å². The topological polar surface area (TPSA) is 79.5 Å². The molecule has 3 aromatic rings. The number of aromatic hydroxyl groups is 1. The molecule has 0 spiro atoms. The predicted octanol–water partition coefficient (Wildman–Crippen LogP) is 4.20. The minimum absolute atomic E-state index is 0.0402. The van der Waals surface area contributed by atoms with E-state index in [2.05, 4.69) is 0 Å². The van der Waals surface area contributed by atoms with E-state index in [0.29, 0.717) is 11.3 Å². The summed E-state index contributed by atoms with van der Waals surface area (Å²) in [6.07, 6.45) is 0.238. The summed E-state index contributed by atoms with van der Waals surface area (Å²) in [7, 11) is 0. The number of hydrogen-bond acceptors (Lipinski definition) is 3. The SMILES string of the molecule is CCC(C(=O)O)c1c(C)n(C(=O)c2cccc(F)c2)c2cc(F)c(O)cc12. The van der Waals surface area contributed by atoms with Crippen molar-refractivity contribution in [2.75, 3.05) is 0 Å². The molecule has 7 heteroatoms. The Hall–Kier alpha value is -3.22. The quantitative estimate of drug-likeness (QED) is 0.718. The van der Waals surface area contributed by atoms with E-state index in [9.17, 15) is 28.6 Å². The lowest BCUT2D eigenvalue weighted by Crippen LogP contribution is -2.16. The van der Waals surface area contributed by atoms with Crippen LogP contribution >= 0.6 is 0 Å². The molecule has 3 rings (SSSR count). The van der Waals surface area contributed by atoms with Crippen LogP contribution in [0.3, 0.4) is 0 Å². The molecule has 0 saturated heterocycles. The lowest BCUT2D eigenvalue weighted by Gasteiger charge is -2.12. The number of rotatable bonds is 4. The average molecular weight is 373 g/mol. The van der Waals surface area contributed by atoms with Crippen molar-refractivity contribution in [1.82, 2.24) is 4.57 Å². The highest BCUT2D eigenvalue weighted by Gasteiger charge is 2.29. The van der Waals surface area contributed by atoms with Crippen LogP contribution in [0.4, 0.5) is 8.78 Å². The van der Waals surface area contributed by atoms with Gasteiger partial charge in [0, 0.05) is 22.7 Å². The summed E-state index contributed by atoms with van der Waals surface area (Å²) in [5.41, 5.74) is 0.781. The molecule has 0 aliphatic rings. The monoisotopic (exact) mass is 373 g/mol. The third-order valence-corrected chi connectivity index (χ3v) is 4.65. The summed E-state index contributed by atoms with van der Waals surface area (Å²) < 4.78 is 28.7. The van der Waals surface area contributed by atoms with E-state index in [1.807, 2.05) is 0 Å². The van der Waals surface area contributed by atoms with E-state index in [-0.39, 0.29) is 22.9 Å². The van der Waals surface area contributed by atoms with E-state index in [1.165, 1.54) is 18.2 Å². The Labute approximate surface area is 153 Å². The highest BCUT2D eigenvalue weighted by Crippen LogP contribution is 2.37. The highest BCUT2D eigenvalue weighted by molar-refractivity contribution is 6.05. The second-order valence-corrected chi connectivity index (χ2v) is 6.27. The summed E-state index contributed by atoms with van der Waals surface area (Å²) in [6.45, 7) is 3.23. The smallest absolute Gasteiger partial charge is 0.311 e. The van der Waals surface area contributed by atoms with Crippen molar-refractivity contribution in [2.45, 2.75) is 26.2 Å². The number of carboxylic acid groups (broad SMARTS) is 1. The second-order valence-electron chi connectivity index (χ2n) is 6.27. The molecular weight excluding hydrogens is 356 g/mol. The van der Waals surface area contributed by atoms with Crippen LogP contribution in [0.1, 0.15) is 40.9 Å². The normalized spacial score (nSPS) is 12.3. The van der Waals surface area contributed by atoms with E-state index in [1.54, 1.807) is 13.8 Å². The van der Waals surface area contributed by atoms with E-state index in [4.69, 9.17) is 0 Å². The molecule has 5 nitrogen and oxygen atoms in total. The molecule has 0 radical (unpaired) electrons. The molecule has 2 aromatic carbocycles. The van der Waals surface area contributed by atoms with Gasteiger partial charge in [-0.25, -0.2) is 8.78 Å². The van der Waals surface area contributed by atoms with E-state index < -0.39 is 35.2 Å².